The van der Waals surface area contributed by atoms with Crippen LogP contribution in [0.5, 0.6) is 6.01 Å². The Bertz CT molecular complexity index is 1140. The van der Waals surface area contributed by atoms with Crippen LogP contribution in [0.3, 0.4) is 0 Å². The second-order valence-corrected chi connectivity index (χ2v) is 8.21. The third-order valence-electron chi connectivity index (χ3n) is 4.35. The van der Waals surface area contributed by atoms with Gasteiger partial charge >= 0.3 is 17.7 Å². The number of benzene rings is 1. The molecular weight excluding hydrogens is 410 g/mol. The highest BCUT2D eigenvalue weighted by Crippen LogP contribution is 2.19. The van der Waals surface area contributed by atoms with Gasteiger partial charge in [0.25, 0.3) is 0 Å². The minimum absolute atomic E-state index is 0.0501. The first kappa shape index (κ1) is 21.5. The molecule has 1 atom stereocenters. The van der Waals surface area contributed by atoms with Crippen molar-refractivity contribution in [3.8, 4) is 6.01 Å². The first-order valence-electron chi connectivity index (χ1n) is 9.21. The molecule has 0 aliphatic carbocycles. The molecule has 0 fully saturated rings. The number of nitrogens with zero attached hydrogens (tertiary/aromatic N) is 3. The van der Waals surface area contributed by atoms with E-state index in [2.05, 4.69) is 15.0 Å². The van der Waals surface area contributed by atoms with Gasteiger partial charge in [-0.1, -0.05) is 24.3 Å². The summed E-state index contributed by atoms with van der Waals surface area (Å²) in [5.74, 6) is 0.268. The second kappa shape index (κ2) is 9.53. The van der Waals surface area contributed by atoms with Crippen molar-refractivity contribution in [1.29, 1.82) is 0 Å². The average Bonchev–Trinajstić information content (AvgIpc) is 3.01. The Morgan fingerprint density at radius 1 is 1.30 bits per heavy atom. The molecule has 0 bridgehead atoms. The molecule has 30 heavy (non-hydrogen) atoms. The van der Waals surface area contributed by atoms with E-state index in [4.69, 9.17) is 15.2 Å². The van der Waals surface area contributed by atoms with Gasteiger partial charge in [-0.05, 0) is 17.5 Å². The van der Waals surface area contributed by atoms with E-state index in [1.807, 2.05) is 24.3 Å². The van der Waals surface area contributed by atoms with Gasteiger partial charge in [0.05, 0.1) is 26.7 Å². The number of fused-ring (bicyclic) bond motifs is 1. The summed E-state index contributed by atoms with van der Waals surface area (Å²) < 4.78 is 22.8. The lowest BCUT2D eigenvalue weighted by Gasteiger charge is -2.08. The number of hydrogen-bond donors (Lipinski definition) is 2. The quantitative estimate of drug-likeness (QED) is 0.369. The zero-order valence-electron chi connectivity index (χ0n) is 16.7. The molecule has 3 rings (SSSR count). The minimum Gasteiger partial charge on any atom is -0.469 e. The van der Waals surface area contributed by atoms with Crippen LogP contribution < -0.4 is 16.2 Å². The van der Waals surface area contributed by atoms with Gasteiger partial charge in [-0.25, -0.2) is 4.79 Å². The number of carbonyl (C=O) groups excluding carboxylic acids is 1. The van der Waals surface area contributed by atoms with E-state index >= 15 is 0 Å². The Labute approximate surface area is 174 Å². The molecule has 1 aromatic carbocycles. The van der Waals surface area contributed by atoms with Crippen LogP contribution in [0.15, 0.2) is 29.1 Å². The maximum absolute atomic E-state index is 12.5. The van der Waals surface area contributed by atoms with Gasteiger partial charge < -0.3 is 20.2 Å². The van der Waals surface area contributed by atoms with Crippen molar-refractivity contribution in [1.82, 2.24) is 19.5 Å². The van der Waals surface area contributed by atoms with E-state index in [1.54, 1.807) is 6.26 Å². The number of imidazole rings is 1. The molecule has 2 aromatic heterocycles. The summed E-state index contributed by atoms with van der Waals surface area (Å²) >= 11 is 0. The van der Waals surface area contributed by atoms with Gasteiger partial charge in [0.15, 0.2) is 11.5 Å². The summed E-state index contributed by atoms with van der Waals surface area (Å²) in [6.07, 6.45) is 2.35. The molecule has 0 radical (unpaired) electrons. The summed E-state index contributed by atoms with van der Waals surface area (Å²) in [7, 11) is 0.432. The molecule has 3 N–H and O–H groups in total. The summed E-state index contributed by atoms with van der Waals surface area (Å²) in [6.45, 7) is 0.507. The number of anilines is 1. The lowest BCUT2D eigenvalue weighted by atomic mass is 10.1. The Balaban J connectivity index is 1.86. The van der Waals surface area contributed by atoms with Crippen molar-refractivity contribution in [2.45, 2.75) is 19.4 Å². The zero-order chi connectivity index (χ0) is 21.7. The predicted molar refractivity (Wildman–Crippen MR) is 113 cm³/mol. The third kappa shape index (κ3) is 5.23. The Morgan fingerprint density at radius 2 is 2.07 bits per heavy atom. The highest BCUT2D eigenvalue weighted by Gasteiger charge is 2.15. The second-order valence-electron chi connectivity index (χ2n) is 6.66. The van der Waals surface area contributed by atoms with Gasteiger partial charge in [0, 0.05) is 22.8 Å². The largest absolute Gasteiger partial charge is 0.469 e. The highest BCUT2D eigenvalue weighted by molar-refractivity contribution is 7.84. The summed E-state index contributed by atoms with van der Waals surface area (Å²) in [5, 5.41) is 0. The summed E-state index contributed by atoms with van der Waals surface area (Å²) in [5.41, 5.74) is 7.81. The molecule has 1 unspecified atom stereocenters. The highest BCUT2D eigenvalue weighted by atomic mass is 32.2. The number of nitrogens with two attached hydrogens (primary N) is 1. The lowest BCUT2D eigenvalue weighted by Crippen LogP contribution is -2.18. The van der Waals surface area contributed by atoms with Crippen LogP contribution in [0, 0.1) is 0 Å². The molecule has 0 amide bonds. The summed E-state index contributed by atoms with van der Waals surface area (Å²) in [6, 6.07) is 7.35. The van der Waals surface area contributed by atoms with E-state index in [0.717, 1.165) is 11.1 Å². The number of hydrogen-bond acceptors (Lipinski definition) is 8. The van der Waals surface area contributed by atoms with E-state index in [9.17, 15) is 13.8 Å². The molecule has 3 aromatic rings. The van der Waals surface area contributed by atoms with Crippen molar-refractivity contribution in [3.63, 3.8) is 0 Å². The van der Waals surface area contributed by atoms with Crippen molar-refractivity contribution < 1.29 is 18.5 Å². The first-order valence-corrected chi connectivity index (χ1v) is 10.9. The average molecular weight is 433 g/mol. The van der Waals surface area contributed by atoms with Crippen molar-refractivity contribution >= 4 is 33.8 Å². The number of rotatable bonds is 9. The molecular formula is C19H23N5O5S. The van der Waals surface area contributed by atoms with E-state index in [0.29, 0.717) is 23.3 Å². The lowest BCUT2D eigenvalue weighted by molar-refractivity contribution is -0.139. The van der Waals surface area contributed by atoms with Gasteiger partial charge in [-0.3, -0.25) is 13.6 Å². The van der Waals surface area contributed by atoms with Crippen LogP contribution in [0.25, 0.3) is 11.2 Å². The molecule has 0 aliphatic heterocycles. The van der Waals surface area contributed by atoms with Gasteiger partial charge in [0.2, 0.25) is 0 Å². The van der Waals surface area contributed by atoms with E-state index in [-0.39, 0.29) is 43.1 Å². The Hall–Kier alpha value is -3.21. The molecule has 0 saturated carbocycles. The fourth-order valence-corrected chi connectivity index (χ4v) is 3.45. The SMILES string of the molecule is COC(=O)Cc1cccc(Cn2c(=O)[nH]c3c(N)nc(OCCCS(C)=O)nc32)c1. The fraction of sp³-hybridized carbons (Fsp3) is 0.368. The van der Waals surface area contributed by atoms with Crippen LogP contribution in [0.4, 0.5) is 5.82 Å². The molecule has 0 saturated heterocycles. The standard InChI is InChI=1S/C19H23N5O5S/c1-28-14(25)10-12-5-3-6-13(9-12)11-24-17-15(21-19(24)26)16(20)22-18(23-17)29-7-4-8-30(2)27/h3,5-6,9H,4,7-8,10-11H2,1-2H3,(H,21,26)(H2,20,22,23). The third-order valence-corrected chi connectivity index (χ3v) is 5.21. The number of aromatic amines is 1. The first-order chi connectivity index (χ1) is 14.4. The van der Waals surface area contributed by atoms with Crippen LogP contribution in [-0.2, 0) is 33.3 Å². The minimum atomic E-state index is -0.905. The molecule has 11 heteroatoms. The number of aromatic nitrogens is 4. The number of esters is 1. The molecule has 0 aliphatic rings. The Morgan fingerprint density at radius 3 is 2.80 bits per heavy atom. The number of methoxy groups -OCH3 is 1. The number of carbonyl (C=O) groups is 1. The fourth-order valence-electron chi connectivity index (χ4n) is 2.93. The van der Waals surface area contributed by atoms with Gasteiger partial charge in [0.1, 0.15) is 5.52 Å². The normalized spacial score (nSPS) is 12.1. The number of nitrogen functional groups attached to an aromatic ring is 1. The summed E-state index contributed by atoms with van der Waals surface area (Å²) in [4.78, 5) is 35.1. The maximum atomic E-state index is 12.5. The van der Waals surface area contributed by atoms with Gasteiger partial charge in [-0.2, -0.15) is 9.97 Å². The predicted octanol–water partition coefficient (Wildman–Crippen LogP) is 0.613. The number of ether oxygens (including phenoxy) is 2. The Kier molecular flexibility index (Phi) is 6.83. The van der Waals surface area contributed by atoms with E-state index < -0.39 is 10.8 Å². The monoisotopic (exact) mass is 433 g/mol. The van der Waals surface area contributed by atoms with Crippen LogP contribution in [-0.4, -0.2) is 55.4 Å². The molecule has 160 valence electrons. The molecule has 10 nitrogen and oxygen atoms in total. The maximum Gasteiger partial charge on any atom is 0.328 e. The molecule has 0 spiro atoms. The molecule has 2 heterocycles. The van der Waals surface area contributed by atoms with Crippen molar-refractivity contribution in [2.75, 3.05) is 31.5 Å². The van der Waals surface area contributed by atoms with Gasteiger partial charge in [-0.15, -0.1) is 0 Å². The number of H-pyrrole nitrogens is 1. The topological polar surface area (TPSA) is 142 Å². The van der Waals surface area contributed by atoms with Crippen molar-refractivity contribution in [3.05, 3.63) is 45.9 Å². The zero-order valence-corrected chi connectivity index (χ0v) is 17.5. The number of nitrogens with one attached hydrogen (secondary N) is 1. The van der Waals surface area contributed by atoms with E-state index in [1.165, 1.54) is 11.7 Å². The van der Waals surface area contributed by atoms with Crippen LogP contribution >= 0.6 is 0 Å². The van der Waals surface area contributed by atoms with Crippen LogP contribution in [0.1, 0.15) is 17.5 Å². The van der Waals surface area contributed by atoms with Crippen LogP contribution in [0.2, 0.25) is 0 Å². The van der Waals surface area contributed by atoms with Crippen molar-refractivity contribution in [2.24, 2.45) is 0 Å². The smallest absolute Gasteiger partial charge is 0.328 e.